The number of hydrogen-bond donors (Lipinski definition) is 0. The van der Waals surface area contributed by atoms with Crippen molar-refractivity contribution >= 4 is 16.9 Å². The van der Waals surface area contributed by atoms with Crippen molar-refractivity contribution in [2.24, 2.45) is 0 Å². The van der Waals surface area contributed by atoms with Gasteiger partial charge in [-0.1, -0.05) is 66.7 Å². The fourth-order valence-corrected chi connectivity index (χ4v) is 5.07. The molecular formula is C35H35NO5. The fourth-order valence-electron chi connectivity index (χ4n) is 5.07. The van der Waals surface area contributed by atoms with Crippen LogP contribution in [0.25, 0.3) is 10.9 Å². The van der Waals surface area contributed by atoms with Gasteiger partial charge in [0.15, 0.2) is 18.1 Å². The minimum absolute atomic E-state index is 0.130. The maximum absolute atomic E-state index is 11.8. The molecule has 4 aromatic carbocycles. The molecule has 6 nitrogen and oxygen atoms in total. The zero-order valence-electron chi connectivity index (χ0n) is 23.7. The SMILES string of the molecule is CCOC(=O)COc1ccc(C(C)(c2ccc(OCc3ccccc3)c(OCC)c2)n2ccc3ccccc32)cc1. The number of carbonyl (C=O) groups is 1. The van der Waals surface area contributed by atoms with Gasteiger partial charge in [0.25, 0.3) is 0 Å². The van der Waals surface area contributed by atoms with Crippen molar-refractivity contribution in [1.82, 2.24) is 4.57 Å². The van der Waals surface area contributed by atoms with Crippen molar-refractivity contribution in [2.75, 3.05) is 19.8 Å². The molecule has 5 rings (SSSR count). The second kappa shape index (κ2) is 12.6. The van der Waals surface area contributed by atoms with E-state index in [1.807, 2.05) is 73.7 Å². The number of benzene rings is 4. The van der Waals surface area contributed by atoms with E-state index in [9.17, 15) is 4.79 Å². The summed E-state index contributed by atoms with van der Waals surface area (Å²) in [5, 5.41) is 1.15. The average molecular weight is 550 g/mol. The van der Waals surface area contributed by atoms with E-state index in [0.717, 1.165) is 27.6 Å². The molecule has 5 aromatic rings. The Kier molecular flexibility index (Phi) is 8.59. The Morgan fingerprint density at radius 3 is 2.22 bits per heavy atom. The van der Waals surface area contributed by atoms with Gasteiger partial charge in [0, 0.05) is 11.7 Å². The van der Waals surface area contributed by atoms with Crippen LogP contribution in [0.5, 0.6) is 17.2 Å². The maximum atomic E-state index is 11.8. The van der Waals surface area contributed by atoms with Crippen molar-refractivity contribution < 1.29 is 23.7 Å². The highest BCUT2D eigenvalue weighted by Crippen LogP contribution is 2.41. The molecule has 0 aliphatic heterocycles. The average Bonchev–Trinajstić information content (AvgIpc) is 3.45. The van der Waals surface area contributed by atoms with Crippen molar-refractivity contribution in [3.05, 3.63) is 126 Å². The molecule has 0 saturated heterocycles. The number of aromatic nitrogens is 1. The highest BCUT2D eigenvalue weighted by molar-refractivity contribution is 5.81. The number of carbonyl (C=O) groups excluding carboxylic acids is 1. The van der Waals surface area contributed by atoms with E-state index in [2.05, 4.69) is 54.1 Å². The highest BCUT2D eigenvalue weighted by atomic mass is 16.6. The van der Waals surface area contributed by atoms with Crippen LogP contribution in [-0.4, -0.2) is 30.4 Å². The number of hydrogen-bond acceptors (Lipinski definition) is 5. The van der Waals surface area contributed by atoms with Gasteiger partial charge in [-0.3, -0.25) is 0 Å². The second-order valence-corrected chi connectivity index (χ2v) is 9.80. The first-order chi connectivity index (χ1) is 20.0. The van der Waals surface area contributed by atoms with E-state index >= 15 is 0 Å². The Hall–Kier alpha value is -4.71. The summed E-state index contributed by atoms with van der Waals surface area (Å²) in [5.74, 6) is 1.60. The van der Waals surface area contributed by atoms with Gasteiger partial charge >= 0.3 is 5.97 Å². The normalized spacial score (nSPS) is 12.5. The first kappa shape index (κ1) is 27.8. The smallest absolute Gasteiger partial charge is 0.344 e. The Morgan fingerprint density at radius 1 is 0.732 bits per heavy atom. The summed E-state index contributed by atoms with van der Waals surface area (Å²) >= 11 is 0. The first-order valence-corrected chi connectivity index (χ1v) is 13.9. The molecule has 1 heterocycles. The van der Waals surface area contributed by atoms with Crippen LogP contribution < -0.4 is 14.2 Å². The van der Waals surface area contributed by atoms with Crippen LogP contribution in [0, 0.1) is 0 Å². The third-order valence-corrected chi connectivity index (χ3v) is 7.20. The Labute approximate surface area is 241 Å². The van der Waals surface area contributed by atoms with Crippen LogP contribution in [0.3, 0.4) is 0 Å². The van der Waals surface area contributed by atoms with Crippen molar-refractivity contribution in [3.8, 4) is 17.2 Å². The molecule has 0 bridgehead atoms. The van der Waals surface area contributed by atoms with E-state index < -0.39 is 11.5 Å². The number of ether oxygens (including phenoxy) is 4. The van der Waals surface area contributed by atoms with Crippen LogP contribution >= 0.6 is 0 Å². The quantitative estimate of drug-likeness (QED) is 0.152. The monoisotopic (exact) mass is 549 g/mol. The van der Waals surface area contributed by atoms with Gasteiger partial charge < -0.3 is 23.5 Å². The molecule has 41 heavy (non-hydrogen) atoms. The summed E-state index contributed by atoms with van der Waals surface area (Å²) in [5.41, 5.74) is 3.68. The Balaban J connectivity index is 1.54. The molecule has 0 N–H and O–H groups in total. The molecule has 0 aliphatic rings. The standard InChI is InChI=1S/C35H35NO5/c1-4-38-33-23-29(17-20-32(33)41-24-26-11-7-6-8-12-26)35(3,36-22-21-27-13-9-10-14-31(27)36)28-15-18-30(19-16-28)40-25-34(37)39-5-2/h6-23H,4-5,24-25H2,1-3H3. The van der Waals surface area contributed by atoms with Crippen LogP contribution in [-0.2, 0) is 21.7 Å². The third-order valence-electron chi connectivity index (χ3n) is 7.20. The molecule has 210 valence electrons. The van der Waals surface area contributed by atoms with Crippen LogP contribution in [0.15, 0.2) is 109 Å². The summed E-state index contributed by atoms with van der Waals surface area (Å²) in [6.07, 6.45) is 2.12. The van der Waals surface area contributed by atoms with E-state index in [0.29, 0.717) is 37.1 Å². The topological polar surface area (TPSA) is 58.9 Å². The number of rotatable bonds is 12. The van der Waals surface area contributed by atoms with Crippen molar-refractivity contribution in [1.29, 1.82) is 0 Å². The van der Waals surface area contributed by atoms with Crippen LogP contribution in [0.1, 0.15) is 37.5 Å². The lowest BCUT2D eigenvalue weighted by molar-refractivity contribution is -0.145. The molecule has 0 fully saturated rings. The second-order valence-electron chi connectivity index (χ2n) is 9.80. The fraction of sp³-hybridized carbons (Fsp3) is 0.229. The molecule has 0 radical (unpaired) electrons. The van der Waals surface area contributed by atoms with Crippen molar-refractivity contribution in [3.63, 3.8) is 0 Å². The minimum atomic E-state index is -0.605. The molecular weight excluding hydrogens is 514 g/mol. The number of para-hydroxylation sites is 1. The summed E-state index contributed by atoms with van der Waals surface area (Å²) in [4.78, 5) is 11.8. The van der Waals surface area contributed by atoms with Gasteiger partial charge in [-0.2, -0.15) is 0 Å². The number of fused-ring (bicyclic) bond motifs is 1. The van der Waals surface area contributed by atoms with Crippen LogP contribution in [0.2, 0.25) is 0 Å². The lowest BCUT2D eigenvalue weighted by Crippen LogP contribution is -2.32. The summed E-state index contributed by atoms with van der Waals surface area (Å²) in [7, 11) is 0. The molecule has 0 saturated carbocycles. The minimum Gasteiger partial charge on any atom is -0.490 e. The van der Waals surface area contributed by atoms with Crippen LogP contribution in [0.4, 0.5) is 0 Å². The molecule has 6 heteroatoms. The van der Waals surface area contributed by atoms with E-state index in [1.165, 1.54) is 0 Å². The predicted octanol–water partition coefficient (Wildman–Crippen LogP) is 7.37. The highest BCUT2D eigenvalue weighted by Gasteiger charge is 2.33. The van der Waals surface area contributed by atoms with Crippen molar-refractivity contribution in [2.45, 2.75) is 32.9 Å². The zero-order chi connectivity index (χ0) is 28.7. The van der Waals surface area contributed by atoms with E-state index in [-0.39, 0.29) is 6.61 Å². The number of esters is 1. The van der Waals surface area contributed by atoms with Gasteiger partial charge in [0.1, 0.15) is 12.4 Å². The number of nitrogens with zero attached hydrogens (tertiary/aromatic N) is 1. The molecule has 1 aromatic heterocycles. The molecule has 0 amide bonds. The molecule has 1 unspecified atom stereocenters. The summed E-state index contributed by atoms with van der Waals surface area (Å²) < 4.78 is 25.2. The lowest BCUT2D eigenvalue weighted by Gasteiger charge is -2.34. The van der Waals surface area contributed by atoms with E-state index in [1.54, 1.807) is 6.92 Å². The predicted molar refractivity (Wildman–Crippen MR) is 161 cm³/mol. The van der Waals surface area contributed by atoms with Gasteiger partial charge in [-0.05, 0) is 79.2 Å². The third kappa shape index (κ3) is 6.07. The zero-order valence-corrected chi connectivity index (χ0v) is 23.7. The van der Waals surface area contributed by atoms with Gasteiger partial charge in [0.05, 0.1) is 18.8 Å². The molecule has 0 aliphatic carbocycles. The summed E-state index contributed by atoms with van der Waals surface area (Å²) in [6.45, 7) is 7.11. The van der Waals surface area contributed by atoms with E-state index in [4.69, 9.17) is 18.9 Å². The lowest BCUT2D eigenvalue weighted by atomic mass is 9.83. The maximum Gasteiger partial charge on any atom is 0.344 e. The first-order valence-electron chi connectivity index (χ1n) is 13.9. The molecule has 1 atom stereocenters. The van der Waals surface area contributed by atoms with Gasteiger partial charge in [-0.15, -0.1) is 0 Å². The van der Waals surface area contributed by atoms with Gasteiger partial charge in [-0.25, -0.2) is 4.79 Å². The Morgan fingerprint density at radius 2 is 1.46 bits per heavy atom. The largest absolute Gasteiger partial charge is 0.490 e. The Bertz CT molecular complexity index is 1590. The summed E-state index contributed by atoms with van der Waals surface area (Å²) in [6, 6.07) is 34.6. The van der Waals surface area contributed by atoms with Gasteiger partial charge in [0.2, 0.25) is 0 Å². The molecule has 0 spiro atoms.